The van der Waals surface area contributed by atoms with Gasteiger partial charge >= 0.3 is 6.18 Å². The monoisotopic (exact) mass is 399 g/mol. The number of thiophene rings is 1. The van der Waals surface area contributed by atoms with Crippen LogP contribution in [0.4, 0.5) is 13.2 Å². The fourth-order valence-corrected chi connectivity index (χ4v) is 4.53. The molecule has 0 saturated carbocycles. The molecule has 0 atom stereocenters. The van der Waals surface area contributed by atoms with E-state index in [1.165, 1.54) is 40.3 Å². The van der Waals surface area contributed by atoms with Crippen LogP contribution in [0.2, 0.25) is 0 Å². The Balaban J connectivity index is 1.94. The molecule has 1 aliphatic carbocycles. The number of hydrogen-bond acceptors (Lipinski definition) is 4. The van der Waals surface area contributed by atoms with Gasteiger partial charge in [0.15, 0.2) is 5.69 Å². The number of aromatic nitrogens is 2. The van der Waals surface area contributed by atoms with Crippen LogP contribution in [0.15, 0.2) is 40.6 Å². The molecule has 10 heteroatoms. The number of halogens is 3. The van der Waals surface area contributed by atoms with Crippen LogP contribution in [0.3, 0.4) is 0 Å². The normalized spacial score (nSPS) is 14.2. The number of hydrogen-bond donors (Lipinski definition) is 1. The molecule has 1 aromatic carbocycles. The second-order valence-electron chi connectivity index (χ2n) is 5.88. The first-order valence-electron chi connectivity index (χ1n) is 7.55. The van der Waals surface area contributed by atoms with Gasteiger partial charge in [-0.05, 0) is 48.6 Å². The standard InChI is InChI=1S/C16H12F3N3O2S2/c17-16(18,19)15-12-5-6-13-11(7-8-25-13)14(12)22(21-15)9-1-3-10(4-2-9)26(20,23)24/h1-4,7-8H,5-6H2,(H2,20,23,24). The van der Waals surface area contributed by atoms with Crippen molar-refractivity contribution in [3.05, 3.63) is 51.8 Å². The summed E-state index contributed by atoms with van der Waals surface area (Å²) in [6, 6.07) is 7.09. The SMILES string of the molecule is NS(=O)(=O)c1ccc(-n2nc(C(F)(F)F)c3c2-c2ccsc2CC3)cc1. The number of sulfonamides is 1. The third-order valence-electron chi connectivity index (χ3n) is 4.26. The summed E-state index contributed by atoms with van der Waals surface area (Å²) >= 11 is 1.50. The fraction of sp³-hybridized carbons (Fsp3) is 0.188. The van der Waals surface area contributed by atoms with Crippen molar-refractivity contribution in [2.45, 2.75) is 23.9 Å². The van der Waals surface area contributed by atoms with Crippen LogP contribution < -0.4 is 5.14 Å². The third-order valence-corrected chi connectivity index (χ3v) is 6.17. The highest BCUT2D eigenvalue weighted by Crippen LogP contribution is 2.43. The van der Waals surface area contributed by atoms with Crippen LogP contribution in [-0.2, 0) is 29.0 Å². The molecule has 2 aromatic heterocycles. The number of rotatable bonds is 2. The summed E-state index contributed by atoms with van der Waals surface area (Å²) < 4.78 is 64.4. The second-order valence-corrected chi connectivity index (χ2v) is 8.44. The summed E-state index contributed by atoms with van der Waals surface area (Å²) in [6.07, 6.45) is -3.77. The van der Waals surface area contributed by atoms with Gasteiger partial charge in [-0.25, -0.2) is 18.2 Å². The molecule has 0 fully saturated rings. The Kier molecular flexibility index (Phi) is 3.76. The van der Waals surface area contributed by atoms with E-state index in [1.807, 2.05) is 5.38 Å². The van der Waals surface area contributed by atoms with Gasteiger partial charge in [0.1, 0.15) is 0 Å². The smallest absolute Gasteiger partial charge is 0.232 e. The van der Waals surface area contributed by atoms with E-state index < -0.39 is 21.9 Å². The number of benzene rings is 1. The molecule has 4 rings (SSSR count). The topological polar surface area (TPSA) is 78.0 Å². The van der Waals surface area contributed by atoms with E-state index in [9.17, 15) is 21.6 Å². The van der Waals surface area contributed by atoms with Gasteiger partial charge in [-0.2, -0.15) is 18.3 Å². The Morgan fingerprint density at radius 1 is 1.12 bits per heavy atom. The van der Waals surface area contributed by atoms with Crippen molar-refractivity contribution in [3.8, 4) is 16.9 Å². The third kappa shape index (κ3) is 2.74. The molecule has 0 unspecified atom stereocenters. The van der Waals surface area contributed by atoms with Crippen LogP contribution in [0.1, 0.15) is 16.1 Å². The molecule has 3 aromatic rings. The first kappa shape index (κ1) is 17.3. The lowest BCUT2D eigenvalue weighted by Gasteiger charge is -2.16. The van der Waals surface area contributed by atoms with Gasteiger partial charge in [-0.15, -0.1) is 11.3 Å². The summed E-state index contributed by atoms with van der Waals surface area (Å²) in [5, 5.41) is 10.7. The number of nitrogens with two attached hydrogens (primary N) is 1. The summed E-state index contributed by atoms with van der Waals surface area (Å²) in [5.41, 5.74) is 0.736. The predicted octanol–water partition coefficient (Wildman–Crippen LogP) is 3.37. The Bertz CT molecular complexity index is 1100. The Hall–Kier alpha value is -2.17. The lowest BCUT2D eigenvalue weighted by molar-refractivity contribution is -0.141. The van der Waals surface area contributed by atoms with E-state index >= 15 is 0 Å². The molecule has 0 bridgehead atoms. The zero-order valence-electron chi connectivity index (χ0n) is 13.1. The van der Waals surface area contributed by atoms with Gasteiger partial charge in [0.25, 0.3) is 0 Å². The molecule has 0 spiro atoms. The maximum atomic E-state index is 13.5. The van der Waals surface area contributed by atoms with Crippen molar-refractivity contribution >= 4 is 21.4 Å². The van der Waals surface area contributed by atoms with Gasteiger partial charge in [-0.1, -0.05) is 0 Å². The maximum Gasteiger partial charge on any atom is 0.435 e. The van der Waals surface area contributed by atoms with Crippen LogP contribution in [0, 0.1) is 0 Å². The van der Waals surface area contributed by atoms with Crippen molar-refractivity contribution in [2.24, 2.45) is 5.14 Å². The highest BCUT2D eigenvalue weighted by Gasteiger charge is 2.41. The van der Waals surface area contributed by atoms with Crippen LogP contribution >= 0.6 is 11.3 Å². The average Bonchev–Trinajstić information content (AvgIpc) is 3.17. The first-order chi connectivity index (χ1) is 12.2. The average molecular weight is 399 g/mol. The first-order valence-corrected chi connectivity index (χ1v) is 9.98. The van der Waals surface area contributed by atoms with E-state index in [4.69, 9.17) is 5.14 Å². The van der Waals surface area contributed by atoms with Crippen molar-refractivity contribution in [1.29, 1.82) is 0 Å². The van der Waals surface area contributed by atoms with Crippen LogP contribution in [-0.4, -0.2) is 18.2 Å². The maximum absolute atomic E-state index is 13.5. The Morgan fingerprint density at radius 3 is 2.42 bits per heavy atom. The van der Waals surface area contributed by atoms with E-state index in [0.29, 0.717) is 17.8 Å². The summed E-state index contributed by atoms with van der Waals surface area (Å²) in [5.74, 6) is 0. The Morgan fingerprint density at radius 2 is 1.81 bits per heavy atom. The molecule has 26 heavy (non-hydrogen) atoms. The molecular weight excluding hydrogens is 387 g/mol. The van der Waals surface area contributed by atoms with E-state index in [2.05, 4.69) is 5.10 Å². The van der Waals surface area contributed by atoms with Gasteiger partial charge in [0.2, 0.25) is 10.0 Å². The molecule has 0 radical (unpaired) electrons. The molecule has 1 aliphatic rings. The van der Waals surface area contributed by atoms with Crippen molar-refractivity contribution in [2.75, 3.05) is 0 Å². The number of aryl methyl sites for hydroxylation is 1. The van der Waals surface area contributed by atoms with Crippen LogP contribution in [0.25, 0.3) is 16.9 Å². The second kappa shape index (κ2) is 5.66. The van der Waals surface area contributed by atoms with Crippen molar-refractivity contribution in [1.82, 2.24) is 9.78 Å². The minimum Gasteiger partial charge on any atom is -0.232 e. The molecule has 2 heterocycles. The minimum atomic E-state index is -4.57. The fourth-order valence-electron chi connectivity index (χ4n) is 3.14. The number of nitrogens with zero attached hydrogens (tertiary/aromatic N) is 2. The summed E-state index contributed by atoms with van der Waals surface area (Å²) in [6.45, 7) is 0. The molecule has 136 valence electrons. The number of primary sulfonamides is 1. The summed E-state index contributed by atoms with van der Waals surface area (Å²) in [4.78, 5) is 0.892. The van der Waals surface area contributed by atoms with Gasteiger partial charge in [-0.3, -0.25) is 0 Å². The van der Waals surface area contributed by atoms with E-state index in [-0.39, 0.29) is 16.9 Å². The zero-order valence-corrected chi connectivity index (χ0v) is 14.7. The lowest BCUT2D eigenvalue weighted by Crippen LogP contribution is -2.12. The van der Waals surface area contributed by atoms with E-state index in [1.54, 1.807) is 6.07 Å². The lowest BCUT2D eigenvalue weighted by atomic mass is 9.94. The van der Waals surface area contributed by atoms with Gasteiger partial charge in [0, 0.05) is 16.0 Å². The summed E-state index contributed by atoms with van der Waals surface area (Å²) in [7, 11) is -3.88. The van der Waals surface area contributed by atoms with Gasteiger partial charge in [0.05, 0.1) is 16.3 Å². The molecular formula is C16H12F3N3O2S2. The minimum absolute atomic E-state index is 0.116. The molecule has 5 nitrogen and oxygen atoms in total. The largest absolute Gasteiger partial charge is 0.435 e. The zero-order chi connectivity index (χ0) is 18.7. The molecule has 0 saturated heterocycles. The highest BCUT2D eigenvalue weighted by atomic mass is 32.2. The van der Waals surface area contributed by atoms with Gasteiger partial charge < -0.3 is 0 Å². The quantitative estimate of drug-likeness (QED) is 0.718. The highest BCUT2D eigenvalue weighted by molar-refractivity contribution is 7.89. The van der Waals surface area contributed by atoms with Crippen LogP contribution in [0.5, 0.6) is 0 Å². The number of alkyl halides is 3. The Labute approximate surface area is 150 Å². The van der Waals surface area contributed by atoms with Crippen molar-refractivity contribution in [3.63, 3.8) is 0 Å². The van der Waals surface area contributed by atoms with Crippen molar-refractivity contribution < 1.29 is 21.6 Å². The predicted molar refractivity (Wildman–Crippen MR) is 90.7 cm³/mol. The number of fused-ring (bicyclic) bond motifs is 3. The molecule has 2 N–H and O–H groups in total. The van der Waals surface area contributed by atoms with E-state index in [0.717, 1.165) is 10.4 Å². The molecule has 0 aliphatic heterocycles. The molecule has 0 amide bonds.